The van der Waals surface area contributed by atoms with E-state index in [-0.39, 0.29) is 24.0 Å². The molecule has 1 fully saturated rings. The number of rotatable bonds is 2. The second-order valence-corrected chi connectivity index (χ2v) is 6.29. The first-order valence-electron chi connectivity index (χ1n) is 7.92. The van der Waals surface area contributed by atoms with Crippen LogP contribution in [0.25, 0.3) is 0 Å². The topological polar surface area (TPSA) is 40.6 Å². The highest BCUT2D eigenvalue weighted by Crippen LogP contribution is 2.30. The first-order valence-corrected chi connectivity index (χ1v) is 7.92. The number of hydrogen-bond donors (Lipinski definition) is 0. The largest absolute Gasteiger partial charge is 0.341 e. The van der Waals surface area contributed by atoms with Crippen molar-refractivity contribution in [2.24, 2.45) is 5.92 Å². The molecule has 118 valence electrons. The first-order chi connectivity index (χ1) is 10.6. The smallest absolute Gasteiger partial charge is 0.242 e. The zero-order chi connectivity index (χ0) is 15.7. The van der Waals surface area contributed by atoms with Crippen molar-refractivity contribution in [1.29, 1.82) is 0 Å². The molecule has 0 N–H and O–H groups in total. The monoisotopic (exact) mass is 304 g/mol. The molecule has 0 atom stereocenters. The zero-order valence-corrected chi connectivity index (χ0v) is 12.8. The second-order valence-electron chi connectivity index (χ2n) is 6.29. The van der Waals surface area contributed by atoms with Crippen molar-refractivity contribution < 1.29 is 14.0 Å². The van der Waals surface area contributed by atoms with Crippen LogP contribution in [0.15, 0.2) is 18.2 Å². The van der Waals surface area contributed by atoms with Crippen LogP contribution in [0.4, 0.5) is 10.1 Å². The molecule has 1 aromatic carbocycles. The maximum Gasteiger partial charge on any atom is 0.242 e. The van der Waals surface area contributed by atoms with Crippen LogP contribution in [0.3, 0.4) is 0 Å². The van der Waals surface area contributed by atoms with Crippen molar-refractivity contribution in [2.45, 2.75) is 32.6 Å². The number of carbonyl (C=O) groups is 2. The number of halogens is 1. The molecular formula is C17H21FN2O2. The number of piperidine rings is 1. The first kappa shape index (κ1) is 15.0. The third kappa shape index (κ3) is 2.85. The normalized spacial score (nSPS) is 19.3. The summed E-state index contributed by atoms with van der Waals surface area (Å²) in [4.78, 5) is 27.7. The fourth-order valence-electron chi connectivity index (χ4n) is 3.23. The number of likely N-dealkylation sites (tertiary alicyclic amines) is 1. The summed E-state index contributed by atoms with van der Waals surface area (Å²) in [7, 11) is 0. The van der Waals surface area contributed by atoms with E-state index < -0.39 is 5.82 Å². The number of fused-ring (bicyclic) bond motifs is 1. The van der Waals surface area contributed by atoms with E-state index in [9.17, 15) is 14.0 Å². The third-order valence-corrected chi connectivity index (χ3v) is 4.68. The van der Waals surface area contributed by atoms with Gasteiger partial charge in [-0.2, -0.15) is 0 Å². The summed E-state index contributed by atoms with van der Waals surface area (Å²) in [6.45, 7) is 3.58. The number of hydrogen-bond acceptors (Lipinski definition) is 2. The average Bonchev–Trinajstić information content (AvgIpc) is 2.51. The number of amides is 2. The van der Waals surface area contributed by atoms with Crippen LogP contribution in [0.1, 0.15) is 31.7 Å². The van der Waals surface area contributed by atoms with Crippen molar-refractivity contribution in [3.8, 4) is 0 Å². The van der Waals surface area contributed by atoms with Gasteiger partial charge in [-0.3, -0.25) is 14.5 Å². The van der Waals surface area contributed by atoms with Crippen LogP contribution in [0.2, 0.25) is 0 Å². The number of anilines is 1. The molecule has 0 spiro atoms. The Morgan fingerprint density at radius 2 is 2.00 bits per heavy atom. The molecule has 22 heavy (non-hydrogen) atoms. The predicted molar refractivity (Wildman–Crippen MR) is 82.1 cm³/mol. The molecule has 4 nitrogen and oxygen atoms in total. The molecule has 1 saturated heterocycles. The highest BCUT2D eigenvalue weighted by Gasteiger charge is 2.30. The van der Waals surface area contributed by atoms with E-state index in [0.717, 1.165) is 31.5 Å². The summed E-state index contributed by atoms with van der Waals surface area (Å²) in [5, 5.41) is 0. The van der Waals surface area contributed by atoms with E-state index in [1.807, 2.05) is 6.07 Å². The second kappa shape index (κ2) is 6.07. The Bertz CT molecular complexity index is 594. The SMILES string of the molecule is CC1CCN(C(=O)CN2C(=O)CCc3cccc(F)c32)CC1. The summed E-state index contributed by atoms with van der Waals surface area (Å²) < 4.78 is 14.1. The Labute approximate surface area is 129 Å². The zero-order valence-electron chi connectivity index (χ0n) is 12.8. The van der Waals surface area contributed by atoms with Gasteiger partial charge in [-0.15, -0.1) is 0 Å². The minimum absolute atomic E-state index is 0.0544. The van der Waals surface area contributed by atoms with Crippen LogP contribution in [0, 0.1) is 11.7 Å². The Kier molecular flexibility index (Phi) is 4.14. The molecule has 1 aromatic rings. The number of para-hydroxylation sites is 1. The molecule has 0 aromatic heterocycles. The number of benzene rings is 1. The third-order valence-electron chi connectivity index (χ3n) is 4.68. The van der Waals surface area contributed by atoms with E-state index in [1.165, 1.54) is 11.0 Å². The van der Waals surface area contributed by atoms with E-state index >= 15 is 0 Å². The lowest BCUT2D eigenvalue weighted by Crippen LogP contribution is -2.47. The minimum atomic E-state index is -0.425. The molecule has 5 heteroatoms. The van der Waals surface area contributed by atoms with Gasteiger partial charge in [-0.05, 0) is 36.8 Å². The van der Waals surface area contributed by atoms with Gasteiger partial charge in [-0.1, -0.05) is 19.1 Å². The van der Waals surface area contributed by atoms with Crippen LogP contribution in [0.5, 0.6) is 0 Å². The summed E-state index contributed by atoms with van der Waals surface area (Å²) >= 11 is 0. The summed E-state index contributed by atoms with van der Waals surface area (Å²) in [6.07, 6.45) is 2.86. The molecule has 3 rings (SSSR count). The van der Waals surface area contributed by atoms with Gasteiger partial charge in [0.15, 0.2) is 0 Å². The lowest BCUT2D eigenvalue weighted by molar-refractivity contribution is -0.132. The average molecular weight is 304 g/mol. The maximum atomic E-state index is 14.1. The number of aryl methyl sites for hydroxylation is 1. The van der Waals surface area contributed by atoms with Crippen molar-refractivity contribution in [2.75, 3.05) is 24.5 Å². The molecule has 0 bridgehead atoms. The summed E-state index contributed by atoms with van der Waals surface area (Å²) in [5.74, 6) is -0.0443. The standard InChI is InChI=1S/C17H21FN2O2/c1-12-7-9-19(10-8-12)16(22)11-20-15(21)6-5-13-3-2-4-14(18)17(13)20/h2-4,12H,5-11H2,1H3. The summed E-state index contributed by atoms with van der Waals surface area (Å²) in [5.41, 5.74) is 1.09. The molecule has 0 radical (unpaired) electrons. The number of nitrogens with zero attached hydrogens (tertiary/aromatic N) is 2. The van der Waals surface area contributed by atoms with Gasteiger partial charge in [0.05, 0.1) is 5.69 Å². The van der Waals surface area contributed by atoms with Crippen molar-refractivity contribution in [3.05, 3.63) is 29.6 Å². The fraction of sp³-hybridized carbons (Fsp3) is 0.529. The van der Waals surface area contributed by atoms with E-state index in [4.69, 9.17) is 0 Å². The lowest BCUT2D eigenvalue weighted by atomic mass is 9.98. The molecule has 2 amide bonds. The quantitative estimate of drug-likeness (QED) is 0.841. The van der Waals surface area contributed by atoms with E-state index in [0.29, 0.717) is 18.8 Å². The fourth-order valence-corrected chi connectivity index (χ4v) is 3.23. The highest BCUT2D eigenvalue weighted by atomic mass is 19.1. The van der Waals surface area contributed by atoms with E-state index in [1.54, 1.807) is 11.0 Å². The van der Waals surface area contributed by atoms with Crippen LogP contribution in [-0.4, -0.2) is 36.3 Å². The van der Waals surface area contributed by atoms with Gasteiger partial charge in [-0.25, -0.2) is 4.39 Å². The molecular weight excluding hydrogens is 283 g/mol. The van der Waals surface area contributed by atoms with Crippen molar-refractivity contribution in [3.63, 3.8) is 0 Å². The highest BCUT2D eigenvalue weighted by molar-refractivity contribution is 6.01. The molecule has 0 saturated carbocycles. The van der Waals surface area contributed by atoms with Crippen LogP contribution < -0.4 is 4.90 Å². The van der Waals surface area contributed by atoms with E-state index in [2.05, 4.69) is 6.92 Å². The molecule has 2 aliphatic heterocycles. The molecule has 2 aliphatic rings. The van der Waals surface area contributed by atoms with Crippen LogP contribution in [-0.2, 0) is 16.0 Å². The Balaban J connectivity index is 1.77. The molecule has 0 aliphatic carbocycles. The van der Waals surface area contributed by atoms with Gasteiger partial charge in [0.2, 0.25) is 11.8 Å². The predicted octanol–water partition coefficient (Wildman–Crippen LogP) is 2.36. The van der Waals surface area contributed by atoms with Gasteiger partial charge in [0.1, 0.15) is 12.4 Å². The van der Waals surface area contributed by atoms with Gasteiger partial charge in [0.25, 0.3) is 0 Å². The Morgan fingerprint density at radius 1 is 1.27 bits per heavy atom. The van der Waals surface area contributed by atoms with Gasteiger partial charge < -0.3 is 4.90 Å². The lowest BCUT2D eigenvalue weighted by Gasteiger charge is -2.34. The van der Waals surface area contributed by atoms with Gasteiger partial charge in [0, 0.05) is 19.5 Å². The number of carbonyl (C=O) groups excluding carboxylic acids is 2. The Hall–Kier alpha value is -1.91. The summed E-state index contributed by atoms with van der Waals surface area (Å²) in [6, 6.07) is 4.82. The van der Waals surface area contributed by atoms with Gasteiger partial charge >= 0.3 is 0 Å². The van der Waals surface area contributed by atoms with Crippen molar-refractivity contribution >= 4 is 17.5 Å². The molecule has 0 unspecified atom stereocenters. The Morgan fingerprint density at radius 3 is 2.73 bits per heavy atom. The molecule has 2 heterocycles. The van der Waals surface area contributed by atoms with Crippen molar-refractivity contribution in [1.82, 2.24) is 4.90 Å². The minimum Gasteiger partial charge on any atom is -0.341 e. The van der Waals surface area contributed by atoms with Crippen LogP contribution >= 0.6 is 0 Å². The maximum absolute atomic E-state index is 14.1.